The smallest absolute Gasteiger partial charge is 0.256 e. The third kappa shape index (κ3) is 2.49. The van der Waals surface area contributed by atoms with E-state index in [1.54, 1.807) is 18.0 Å². The summed E-state index contributed by atoms with van der Waals surface area (Å²) in [5.74, 6) is -0.147. The Hall–Kier alpha value is -1.93. The van der Waals surface area contributed by atoms with E-state index in [0.29, 0.717) is 24.3 Å². The molecule has 0 saturated carbocycles. The first kappa shape index (κ1) is 12.5. The minimum absolute atomic E-state index is 0.147. The molecule has 1 amide bonds. The molecule has 0 N–H and O–H groups in total. The van der Waals surface area contributed by atoms with E-state index in [4.69, 9.17) is 10.00 Å². The number of amides is 1. The highest BCUT2D eigenvalue weighted by molar-refractivity contribution is 5.96. The monoisotopic (exact) mass is 245 g/mol. The molecule has 1 aromatic rings. The van der Waals surface area contributed by atoms with Crippen molar-refractivity contribution in [1.82, 2.24) is 9.88 Å². The van der Waals surface area contributed by atoms with Crippen LogP contribution in [0.15, 0.2) is 18.5 Å². The molecule has 5 nitrogen and oxygen atoms in total. The van der Waals surface area contributed by atoms with Crippen molar-refractivity contribution in [3.8, 4) is 6.07 Å². The molecule has 1 saturated heterocycles. The van der Waals surface area contributed by atoms with Crippen LogP contribution in [0.4, 0.5) is 0 Å². The number of ether oxygens (including phenoxy) is 1. The molecule has 2 rings (SSSR count). The molecular formula is C13H15N3O2. The van der Waals surface area contributed by atoms with Crippen LogP contribution in [0, 0.1) is 11.3 Å². The van der Waals surface area contributed by atoms with Crippen molar-refractivity contribution in [2.75, 3.05) is 20.3 Å². The lowest BCUT2D eigenvalue weighted by Gasteiger charge is -2.31. The molecule has 0 atom stereocenters. The van der Waals surface area contributed by atoms with Gasteiger partial charge in [0.1, 0.15) is 6.07 Å². The number of carbonyl (C=O) groups is 1. The first-order valence-electron chi connectivity index (χ1n) is 5.93. The summed E-state index contributed by atoms with van der Waals surface area (Å²) in [6.07, 6.45) is 4.65. The molecule has 1 fully saturated rings. The van der Waals surface area contributed by atoms with E-state index in [9.17, 15) is 4.79 Å². The van der Waals surface area contributed by atoms with Gasteiger partial charge in [0, 0.05) is 38.7 Å². The fourth-order valence-electron chi connectivity index (χ4n) is 2.09. The zero-order valence-corrected chi connectivity index (χ0v) is 10.3. The molecule has 0 aliphatic carbocycles. The van der Waals surface area contributed by atoms with Gasteiger partial charge in [-0.1, -0.05) is 0 Å². The molecule has 18 heavy (non-hydrogen) atoms. The standard InChI is InChI=1S/C13H15N3O2/c1-16(11-3-6-18-7-4-11)13(17)12-9-15-5-2-10(12)8-14/h2,5,9,11H,3-4,6-7H2,1H3. The molecule has 94 valence electrons. The number of nitrogens with zero attached hydrogens (tertiary/aromatic N) is 3. The second-order valence-corrected chi connectivity index (χ2v) is 4.29. The zero-order chi connectivity index (χ0) is 13.0. The van der Waals surface area contributed by atoms with Crippen LogP contribution >= 0.6 is 0 Å². The molecule has 1 aliphatic heterocycles. The molecular weight excluding hydrogens is 230 g/mol. The summed E-state index contributed by atoms with van der Waals surface area (Å²) in [4.78, 5) is 17.9. The van der Waals surface area contributed by atoms with Gasteiger partial charge in [-0.25, -0.2) is 0 Å². The molecule has 0 unspecified atom stereocenters. The number of rotatable bonds is 2. The highest BCUT2D eigenvalue weighted by Gasteiger charge is 2.24. The van der Waals surface area contributed by atoms with Gasteiger partial charge in [-0.2, -0.15) is 5.26 Å². The number of nitriles is 1. The molecule has 0 bridgehead atoms. The summed E-state index contributed by atoms with van der Waals surface area (Å²) in [7, 11) is 1.77. The molecule has 0 radical (unpaired) electrons. The summed E-state index contributed by atoms with van der Waals surface area (Å²) in [5, 5.41) is 8.99. The van der Waals surface area contributed by atoms with Gasteiger partial charge in [0.2, 0.25) is 0 Å². The van der Waals surface area contributed by atoms with E-state index in [2.05, 4.69) is 4.98 Å². The first-order chi connectivity index (χ1) is 8.74. The molecule has 5 heteroatoms. The average molecular weight is 245 g/mol. The van der Waals surface area contributed by atoms with Crippen LogP contribution in [0.3, 0.4) is 0 Å². The van der Waals surface area contributed by atoms with Crippen molar-refractivity contribution >= 4 is 5.91 Å². The van der Waals surface area contributed by atoms with Gasteiger partial charge < -0.3 is 9.64 Å². The second kappa shape index (κ2) is 5.61. The van der Waals surface area contributed by atoms with Crippen molar-refractivity contribution in [1.29, 1.82) is 5.26 Å². The number of hydrogen-bond donors (Lipinski definition) is 0. The lowest BCUT2D eigenvalue weighted by atomic mass is 10.1. The number of aromatic nitrogens is 1. The largest absolute Gasteiger partial charge is 0.381 e. The topological polar surface area (TPSA) is 66.2 Å². The summed E-state index contributed by atoms with van der Waals surface area (Å²) >= 11 is 0. The Bertz CT molecular complexity index is 475. The van der Waals surface area contributed by atoms with Crippen LogP contribution in [0.5, 0.6) is 0 Å². The Morgan fingerprint density at radius 3 is 2.94 bits per heavy atom. The molecule has 1 aliphatic rings. The second-order valence-electron chi connectivity index (χ2n) is 4.29. The maximum Gasteiger partial charge on any atom is 0.256 e. The predicted octanol–water partition coefficient (Wildman–Crippen LogP) is 1.20. The Balaban J connectivity index is 2.17. The van der Waals surface area contributed by atoms with Crippen LogP contribution in [0.2, 0.25) is 0 Å². The van der Waals surface area contributed by atoms with Crippen molar-refractivity contribution in [3.63, 3.8) is 0 Å². The quantitative estimate of drug-likeness (QED) is 0.785. The van der Waals surface area contributed by atoms with Gasteiger partial charge in [-0.05, 0) is 18.9 Å². The van der Waals surface area contributed by atoms with E-state index in [0.717, 1.165) is 12.8 Å². The maximum absolute atomic E-state index is 12.3. The Kier molecular flexibility index (Phi) is 3.90. The van der Waals surface area contributed by atoms with Crippen molar-refractivity contribution in [3.05, 3.63) is 29.6 Å². The predicted molar refractivity (Wildman–Crippen MR) is 64.9 cm³/mol. The Morgan fingerprint density at radius 1 is 1.56 bits per heavy atom. The van der Waals surface area contributed by atoms with Crippen LogP contribution in [-0.2, 0) is 4.74 Å². The van der Waals surface area contributed by atoms with Gasteiger partial charge in [0.05, 0.1) is 11.1 Å². The van der Waals surface area contributed by atoms with Gasteiger partial charge >= 0.3 is 0 Å². The van der Waals surface area contributed by atoms with E-state index in [1.807, 2.05) is 6.07 Å². The normalized spacial score (nSPS) is 16.0. The SMILES string of the molecule is CN(C(=O)c1cnccc1C#N)C1CCOCC1. The van der Waals surface area contributed by atoms with Gasteiger partial charge in [-0.3, -0.25) is 9.78 Å². The van der Waals surface area contributed by atoms with Crippen molar-refractivity contribution in [2.45, 2.75) is 18.9 Å². The minimum Gasteiger partial charge on any atom is -0.381 e. The van der Waals surface area contributed by atoms with E-state index in [-0.39, 0.29) is 11.9 Å². The zero-order valence-electron chi connectivity index (χ0n) is 10.3. The van der Waals surface area contributed by atoms with E-state index < -0.39 is 0 Å². The van der Waals surface area contributed by atoms with Gasteiger partial charge in [-0.15, -0.1) is 0 Å². The first-order valence-corrected chi connectivity index (χ1v) is 5.93. The Labute approximate surface area is 106 Å². The summed E-state index contributed by atoms with van der Waals surface area (Å²) < 4.78 is 5.28. The fourth-order valence-corrected chi connectivity index (χ4v) is 2.09. The highest BCUT2D eigenvalue weighted by atomic mass is 16.5. The van der Waals surface area contributed by atoms with Crippen LogP contribution in [0.25, 0.3) is 0 Å². The van der Waals surface area contributed by atoms with E-state index in [1.165, 1.54) is 12.4 Å². The van der Waals surface area contributed by atoms with Crippen molar-refractivity contribution in [2.24, 2.45) is 0 Å². The van der Waals surface area contributed by atoms with E-state index >= 15 is 0 Å². The Morgan fingerprint density at radius 2 is 2.28 bits per heavy atom. The third-order valence-corrected chi connectivity index (χ3v) is 3.23. The third-order valence-electron chi connectivity index (χ3n) is 3.23. The van der Waals surface area contributed by atoms with Crippen molar-refractivity contribution < 1.29 is 9.53 Å². The number of pyridine rings is 1. The summed E-state index contributed by atoms with van der Waals surface area (Å²) in [6, 6.07) is 3.76. The number of hydrogen-bond acceptors (Lipinski definition) is 4. The molecule has 0 spiro atoms. The minimum atomic E-state index is -0.147. The molecule has 0 aromatic carbocycles. The fraction of sp³-hybridized carbons (Fsp3) is 0.462. The number of carbonyl (C=O) groups excluding carboxylic acids is 1. The lowest BCUT2D eigenvalue weighted by Crippen LogP contribution is -2.40. The van der Waals surface area contributed by atoms with Crippen LogP contribution in [-0.4, -0.2) is 42.1 Å². The highest BCUT2D eigenvalue weighted by Crippen LogP contribution is 2.16. The van der Waals surface area contributed by atoms with Crippen LogP contribution < -0.4 is 0 Å². The molecule has 1 aromatic heterocycles. The molecule has 2 heterocycles. The summed E-state index contributed by atoms with van der Waals surface area (Å²) in [6.45, 7) is 1.36. The maximum atomic E-state index is 12.3. The summed E-state index contributed by atoms with van der Waals surface area (Å²) in [5.41, 5.74) is 0.739. The van der Waals surface area contributed by atoms with Gasteiger partial charge in [0.25, 0.3) is 5.91 Å². The lowest BCUT2D eigenvalue weighted by molar-refractivity contribution is 0.0361. The van der Waals surface area contributed by atoms with Crippen LogP contribution in [0.1, 0.15) is 28.8 Å². The van der Waals surface area contributed by atoms with Gasteiger partial charge in [0.15, 0.2) is 0 Å². The average Bonchev–Trinajstić information content (AvgIpc) is 2.46.